The van der Waals surface area contributed by atoms with Gasteiger partial charge in [-0.05, 0) is 48.5 Å². The van der Waals surface area contributed by atoms with Crippen molar-refractivity contribution in [3.63, 3.8) is 0 Å². The lowest BCUT2D eigenvalue weighted by Gasteiger charge is -2.34. The fourth-order valence-electron chi connectivity index (χ4n) is 3.55. The second-order valence-corrected chi connectivity index (χ2v) is 8.40. The van der Waals surface area contributed by atoms with Crippen LogP contribution in [0.25, 0.3) is 0 Å². The SMILES string of the molecule is O=C(COc1ccccc1C(=O)N1CCN(Cc2ccco2)CC1)Nc1ccc(Br)cc1. The van der Waals surface area contributed by atoms with Crippen molar-refractivity contribution < 1.29 is 18.7 Å². The Hall–Kier alpha value is -3.10. The molecule has 2 heterocycles. The molecule has 1 fully saturated rings. The quantitative estimate of drug-likeness (QED) is 0.533. The Morgan fingerprint density at radius 2 is 1.72 bits per heavy atom. The van der Waals surface area contributed by atoms with Crippen LogP contribution < -0.4 is 10.1 Å². The van der Waals surface area contributed by atoms with E-state index in [1.54, 1.807) is 42.7 Å². The summed E-state index contributed by atoms with van der Waals surface area (Å²) in [7, 11) is 0. The van der Waals surface area contributed by atoms with Gasteiger partial charge in [0.1, 0.15) is 11.5 Å². The molecule has 32 heavy (non-hydrogen) atoms. The van der Waals surface area contributed by atoms with E-state index in [-0.39, 0.29) is 18.4 Å². The molecule has 0 saturated carbocycles. The maximum absolute atomic E-state index is 13.1. The van der Waals surface area contributed by atoms with Gasteiger partial charge in [-0.1, -0.05) is 28.1 Å². The van der Waals surface area contributed by atoms with Crippen molar-refractivity contribution in [1.82, 2.24) is 9.80 Å². The summed E-state index contributed by atoms with van der Waals surface area (Å²) in [6.45, 7) is 3.34. The highest BCUT2D eigenvalue weighted by atomic mass is 79.9. The normalized spacial score (nSPS) is 14.2. The van der Waals surface area contributed by atoms with E-state index >= 15 is 0 Å². The number of furan rings is 1. The number of halogens is 1. The van der Waals surface area contributed by atoms with Gasteiger partial charge in [-0.25, -0.2) is 0 Å². The first kappa shape index (κ1) is 22.1. The fraction of sp³-hybridized carbons (Fsp3) is 0.250. The summed E-state index contributed by atoms with van der Waals surface area (Å²) in [6.07, 6.45) is 1.67. The van der Waals surface area contributed by atoms with E-state index in [0.717, 1.165) is 29.9 Å². The predicted octanol–water partition coefficient (Wildman–Crippen LogP) is 4.02. The van der Waals surface area contributed by atoms with E-state index in [0.29, 0.717) is 30.1 Å². The first-order valence-corrected chi connectivity index (χ1v) is 11.2. The Bertz CT molecular complexity index is 1050. The lowest BCUT2D eigenvalue weighted by molar-refractivity contribution is -0.118. The zero-order chi connectivity index (χ0) is 22.3. The third kappa shape index (κ3) is 5.77. The molecule has 0 unspecified atom stereocenters. The number of nitrogens with zero attached hydrogens (tertiary/aromatic N) is 2. The zero-order valence-corrected chi connectivity index (χ0v) is 19.1. The minimum atomic E-state index is -0.291. The van der Waals surface area contributed by atoms with E-state index in [1.807, 2.05) is 29.2 Å². The number of benzene rings is 2. The number of carbonyl (C=O) groups excluding carboxylic acids is 2. The molecule has 166 valence electrons. The number of para-hydroxylation sites is 1. The van der Waals surface area contributed by atoms with Gasteiger partial charge in [0.15, 0.2) is 6.61 Å². The monoisotopic (exact) mass is 497 g/mol. The van der Waals surface area contributed by atoms with Gasteiger partial charge in [0.05, 0.1) is 18.4 Å². The standard InChI is InChI=1S/C24H24BrN3O4/c25-18-7-9-19(10-8-18)26-23(29)17-32-22-6-2-1-5-21(22)24(30)28-13-11-27(12-14-28)16-20-4-3-15-31-20/h1-10,15H,11-14,16-17H2,(H,26,29). The lowest BCUT2D eigenvalue weighted by Crippen LogP contribution is -2.48. The zero-order valence-electron chi connectivity index (χ0n) is 17.5. The molecule has 1 N–H and O–H groups in total. The van der Waals surface area contributed by atoms with Gasteiger partial charge in [0.25, 0.3) is 11.8 Å². The topological polar surface area (TPSA) is 75.0 Å². The highest BCUT2D eigenvalue weighted by Crippen LogP contribution is 2.21. The molecule has 3 aromatic rings. The summed E-state index contributed by atoms with van der Waals surface area (Å²) in [5.74, 6) is 0.944. The summed E-state index contributed by atoms with van der Waals surface area (Å²) >= 11 is 3.36. The van der Waals surface area contributed by atoms with E-state index in [9.17, 15) is 9.59 Å². The molecule has 0 bridgehead atoms. The molecule has 0 atom stereocenters. The number of nitrogens with one attached hydrogen (secondary N) is 1. The number of anilines is 1. The first-order valence-electron chi connectivity index (χ1n) is 10.4. The average molecular weight is 498 g/mol. The first-order chi connectivity index (χ1) is 15.6. The van der Waals surface area contributed by atoms with E-state index in [4.69, 9.17) is 9.15 Å². The van der Waals surface area contributed by atoms with Gasteiger partial charge >= 0.3 is 0 Å². The molecule has 0 radical (unpaired) electrons. The van der Waals surface area contributed by atoms with Gasteiger partial charge in [-0.2, -0.15) is 0 Å². The van der Waals surface area contributed by atoms with Crippen LogP contribution in [0.2, 0.25) is 0 Å². The van der Waals surface area contributed by atoms with Crippen LogP contribution in [0.3, 0.4) is 0 Å². The van der Waals surface area contributed by atoms with Crippen molar-refractivity contribution in [3.8, 4) is 5.75 Å². The number of amides is 2. The number of hydrogen-bond donors (Lipinski definition) is 1. The summed E-state index contributed by atoms with van der Waals surface area (Å²) < 4.78 is 12.0. The van der Waals surface area contributed by atoms with E-state index in [2.05, 4.69) is 26.1 Å². The summed E-state index contributed by atoms with van der Waals surface area (Å²) in [5.41, 5.74) is 1.14. The van der Waals surface area contributed by atoms with Crippen molar-refractivity contribution in [2.45, 2.75) is 6.54 Å². The number of hydrogen-bond acceptors (Lipinski definition) is 5. The molecule has 0 spiro atoms. The molecule has 1 saturated heterocycles. The van der Waals surface area contributed by atoms with Crippen molar-refractivity contribution in [2.75, 3.05) is 38.1 Å². The van der Waals surface area contributed by atoms with Crippen molar-refractivity contribution in [3.05, 3.63) is 82.7 Å². The van der Waals surface area contributed by atoms with Crippen LogP contribution in [0.5, 0.6) is 5.75 Å². The summed E-state index contributed by atoms with van der Waals surface area (Å²) in [6, 6.07) is 18.2. The molecule has 1 aliphatic rings. The van der Waals surface area contributed by atoms with Gasteiger partial charge in [-0.15, -0.1) is 0 Å². The number of ether oxygens (including phenoxy) is 1. The van der Waals surface area contributed by atoms with Gasteiger partial charge in [0.2, 0.25) is 0 Å². The molecular weight excluding hydrogens is 474 g/mol. The predicted molar refractivity (Wildman–Crippen MR) is 125 cm³/mol. The Balaban J connectivity index is 1.32. The maximum Gasteiger partial charge on any atom is 0.262 e. The summed E-state index contributed by atoms with van der Waals surface area (Å²) in [5, 5.41) is 2.78. The lowest BCUT2D eigenvalue weighted by atomic mass is 10.1. The fourth-order valence-corrected chi connectivity index (χ4v) is 3.81. The van der Waals surface area contributed by atoms with Crippen LogP contribution >= 0.6 is 15.9 Å². The number of piperazine rings is 1. The molecule has 0 aliphatic carbocycles. The van der Waals surface area contributed by atoms with Gasteiger partial charge in [0, 0.05) is 36.3 Å². The van der Waals surface area contributed by atoms with Crippen LogP contribution in [-0.2, 0) is 11.3 Å². The molecule has 1 aromatic heterocycles. The molecule has 7 nitrogen and oxygen atoms in total. The van der Waals surface area contributed by atoms with Crippen LogP contribution in [0, 0.1) is 0 Å². The van der Waals surface area contributed by atoms with Gasteiger partial charge in [-0.3, -0.25) is 14.5 Å². The van der Waals surface area contributed by atoms with Crippen LogP contribution in [0.15, 0.2) is 75.8 Å². The average Bonchev–Trinajstić information content (AvgIpc) is 3.32. The van der Waals surface area contributed by atoms with E-state index < -0.39 is 0 Å². The molecule has 4 rings (SSSR count). The molecule has 8 heteroatoms. The Morgan fingerprint density at radius 3 is 2.44 bits per heavy atom. The largest absolute Gasteiger partial charge is 0.483 e. The second-order valence-electron chi connectivity index (χ2n) is 7.49. The smallest absolute Gasteiger partial charge is 0.262 e. The van der Waals surface area contributed by atoms with Crippen molar-refractivity contribution in [2.24, 2.45) is 0 Å². The minimum Gasteiger partial charge on any atom is -0.483 e. The number of carbonyl (C=O) groups is 2. The van der Waals surface area contributed by atoms with Crippen molar-refractivity contribution in [1.29, 1.82) is 0 Å². The minimum absolute atomic E-state index is 0.0911. The van der Waals surface area contributed by atoms with Gasteiger partial charge < -0.3 is 19.4 Å². The third-order valence-electron chi connectivity index (χ3n) is 5.22. The second kappa shape index (κ2) is 10.5. The molecular formula is C24H24BrN3O4. The molecule has 1 aliphatic heterocycles. The van der Waals surface area contributed by atoms with Crippen LogP contribution in [-0.4, -0.2) is 54.4 Å². The highest BCUT2D eigenvalue weighted by Gasteiger charge is 2.24. The maximum atomic E-state index is 13.1. The number of rotatable bonds is 7. The molecule has 2 aromatic carbocycles. The Labute approximate surface area is 195 Å². The van der Waals surface area contributed by atoms with E-state index in [1.165, 1.54) is 0 Å². The Morgan fingerprint density at radius 1 is 0.969 bits per heavy atom. The third-order valence-corrected chi connectivity index (χ3v) is 5.75. The van der Waals surface area contributed by atoms with Crippen LogP contribution in [0.4, 0.5) is 5.69 Å². The highest BCUT2D eigenvalue weighted by molar-refractivity contribution is 9.10. The Kier molecular flexibility index (Phi) is 7.24. The van der Waals surface area contributed by atoms with Crippen molar-refractivity contribution >= 4 is 33.4 Å². The molecule has 2 amide bonds. The summed E-state index contributed by atoms with van der Waals surface area (Å²) in [4.78, 5) is 29.5. The van der Waals surface area contributed by atoms with Crippen LogP contribution in [0.1, 0.15) is 16.1 Å².